The predicted molar refractivity (Wildman–Crippen MR) is 127 cm³/mol. The van der Waals surface area contributed by atoms with E-state index in [1.54, 1.807) is 0 Å². The molecule has 1 atom stereocenters. The maximum Gasteiger partial charge on any atom is 0.142 e. The zero-order valence-corrected chi connectivity index (χ0v) is 18.3. The number of aliphatic imine (C=N–C) groups is 1. The first kappa shape index (κ1) is 23.1. The summed E-state index contributed by atoms with van der Waals surface area (Å²) in [6.07, 6.45) is 4.92. The van der Waals surface area contributed by atoms with Gasteiger partial charge in [0.2, 0.25) is 0 Å². The van der Waals surface area contributed by atoms with Gasteiger partial charge in [0.25, 0.3) is 0 Å². The Balaban J connectivity index is 2.22. The van der Waals surface area contributed by atoms with E-state index in [0.29, 0.717) is 17.9 Å². The maximum absolute atomic E-state index is 9.00. The third kappa shape index (κ3) is 7.65. The molecule has 156 valence electrons. The van der Waals surface area contributed by atoms with Gasteiger partial charge in [-0.2, -0.15) is 10.4 Å². The van der Waals surface area contributed by atoms with Gasteiger partial charge in [-0.05, 0) is 68.6 Å². The molecule has 2 aromatic carbocycles. The first-order chi connectivity index (χ1) is 14.5. The zero-order chi connectivity index (χ0) is 21.8. The normalized spacial score (nSPS) is 13.3. The fourth-order valence-electron chi connectivity index (χ4n) is 2.82. The van der Waals surface area contributed by atoms with Crippen molar-refractivity contribution in [1.82, 2.24) is 10.7 Å². The van der Waals surface area contributed by atoms with Crippen LogP contribution in [0.3, 0.4) is 0 Å². The molecular weight excluding hydrogens is 370 g/mol. The van der Waals surface area contributed by atoms with Crippen molar-refractivity contribution in [1.29, 1.82) is 5.26 Å². The second-order valence-corrected chi connectivity index (χ2v) is 7.25. The van der Waals surface area contributed by atoms with Crippen molar-refractivity contribution in [2.45, 2.75) is 40.2 Å². The molecule has 0 radical (unpaired) electrons. The molecule has 0 spiro atoms. The number of hydrogen-bond acceptors (Lipinski definition) is 4. The molecule has 0 fully saturated rings. The minimum atomic E-state index is -0.0734. The van der Waals surface area contributed by atoms with Crippen LogP contribution in [-0.2, 0) is 0 Å². The van der Waals surface area contributed by atoms with Crippen LogP contribution < -0.4 is 10.7 Å². The number of aryl methyl sites for hydroxylation is 1. The molecule has 0 saturated heterocycles. The number of nitriles is 1. The summed E-state index contributed by atoms with van der Waals surface area (Å²) >= 11 is 0. The first-order valence-electron chi connectivity index (χ1n) is 10.3. The molecule has 2 N–H and O–H groups in total. The molecule has 2 aromatic rings. The number of benzene rings is 2. The van der Waals surface area contributed by atoms with Gasteiger partial charge in [0.1, 0.15) is 5.84 Å². The smallest absolute Gasteiger partial charge is 0.142 e. The van der Waals surface area contributed by atoms with Crippen molar-refractivity contribution < 1.29 is 0 Å². The number of hydrogen-bond donors (Lipinski definition) is 2. The average molecular weight is 402 g/mol. The van der Waals surface area contributed by atoms with E-state index in [4.69, 9.17) is 10.3 Å². The molecule has 0 aromatic heterocycles. The minimum Gasteiger partial charge on any atom is -0.312 e. The van der Waals surface area contributed by atoms with Gasteiger partial charge in [0.05, 0.1) is 17.7 Å². The lowest BCUT2D eigenvalue weighted by atomic mass is 10.0. The Morgan fingerprint density at radius 3 is 2.47 bits per heavy atom. The van der Waals surface area contributed by atoms with Crippen LogP contribution in [0.15, 0.2) is 64.7 Å². The Hall–Kier alpha value is -3.23. The largest absolute Gasteiger partial charge is 0.312 e. The monoisotopic (exact) mass is 401 g/mol. The van der Waals surface area contributed by atoms with E-state index in [1.807, 2.05) is 43.5 Å². The van der Waals surface area contributed by atoms with Crippen LogP contribution in [0.2, 0.25) is 0 Å². The molecule has 30 heavy (non-hydrogen) atoms. The third-order valence-electron chi connectivity index (χ3n) is 4.65. The van der Waals surface area contributed by atoms with Crippen LogP contribution in [0.5, 0.6) is 0 Å². The molecular formula is C25H31N5. The van der Waals surface area contributed by atoms with E-state index in [1.165, 1.54) is 5.56 Å². The van der Waals surface area contributed by atoms with Crippen LogP contribution in [0.1, 0.15) is 55.5 Å². The van der Waals surface area contributed by atoms with E-state index in [-0.39, 0.29) is 6.04 Å². The molecule has 1 unspecified atom stereocenters. The van der Waals surface area contributed by atoms with Gasteiger partial charge in [0.15, 0.2) is 0 Å². The fourth-order valence-corrected chi connectivity index (χ4v) is 2.82. The fraction of sp³-hybridized carbons (Fsp3) is 0.320. The lowest BCUT2D eigenvalue weighted by Crippen LogP contribution is -2.21. The SMILES string of the molecule is CCCNC/C=N\NC(/C=C(\C)c1ccc(C)cc1)=NC(C)c1ccc(C#N)cc1. The van der Waals surface area contributed by atoms with E-state index >= 15 is 0 Å². The van der Waals surface area contributed by atoms with Crippen LogP contribution >= 0.6 is 0 Å². The zero-order valence-electron chi connectivity index (χ0n) is 18.3. The highest BCUT2D eigenvalue weighted by atomic mass is 15.3. The van der Waals surface area contributed by atoms with Crippen molar-refractivity contribution in [2.75, 3.05) is 13.1 Å². The Bertz CT molecular complexity index is 916. The quantitative estimate of drug-likeness (QED) is 0.269. The summed E-state index contributed by atoms with van der Waals surface area (Å²) < 4.78 is 0. The lowest BCUT2D eigenvalue weighted by Gasteiger charge is -2.11. The van der Waals surface area contributed by atoms with Gasteiger partial charge in [-0.15, -0.1) is 0 Å². The first-order valence-corrected chi connectivity index (χ1v) is 10.3. The molecule has 0 heterocycles. The number of amidine groups is 1. The second-order valence-electron chi connectivity index (χ2n) is 7.25. The van der Waals surface area contributed by atoms with Gasteiger partial charge < -0.3 is 5.32 Å². The summed E-state index contributed by atoms with van der Waals surface area (Å²) in [5.74, 6) is 0.691. The highest BCUT2D eigenvalue weighted by Gasteiger charge is 2.06. The summed E-state index contributed by atoms with van der Waals surface area (Å²) in [6, 6.07) is 18.0. The molecule has 0 amide bonds. The van der Waals surface area contributed by atoms with Crippen LogP contribution in [-0.4, -0.2) is 25.1 Å². The van der Waals surface area contributed by atoms with Gasteiger partial charge >= 0.3 is 0 Å². The van der Waals surface area contributed by atoms with E-state index in [9.17, 15) is 0 Å². The second kappa shape index (κ2) is 12.4. The topological polar surface area (TPSA) is 72.6 Å². The van der Waals surface area contributed by atoms with Gasteiger partial charge in [-0.3, -0.25) is 10.4 Å². The van der Waals surface area contributed by atoms with Crippen molar-refractivity contribution in [2.24, 2.45) is 10.1 Å². The van der Waals surface area contributed by atoms with Gasteiger partial charge in [0, 0.05) is 12.8 Å². The summed E-state index contributed by atoms with van der Waals surface area (Å²) in [6.45, 7) is 9.99. The van der Waals surface area contributed by atoms with Gasteiger partial charge in [-0.25, -0.2) is 0 Å². The Morgan fingerprint density at radius 2 is 1.83 bits per heavy atom. The Kier molecular flexibility index (Phi) is 9.50. The average Bonchev–Trinajstić information content (AvgIpc) is 2.76. The Labute approximate surface area is 180 Å². The molecule has 0 aliphatic heterocycles. The maximum atomic E-state index is 9.00. The highest BCUT2D eigenvalue weighted by molar-refractivity contribution is 5.99. The standard InChI is InChI=1S/C25H31N5/c1-5-14-27-15-16-28-30-25(17-20(3)23-10-6-19(2)7-11-23)29-21(4)24-12-8-22(18-26)9-13-24/h6-13,16-17,21,27H,5,14-15H2,1-4H3,(H,29,30)/b20-17+,28-16-. The van der Waals surface area contributed by atoms with Gasteiger partial charge in [-0.1, -0.05) is 48.9 Å². The Morgan fingerprint density at radius 1 is 1.13 bits per heavy atom. The number of hydrazone groups is 1. The van der Waals surface area contributed by atoms with Crippen molar-refractivity contribution in [3.8, 4) is 6.07 Å². The van der Waals surface area contributed by atoms with E-state index < -0.39 is 0 Å². The number of nitrogens with zero attached hydrogens (tertiary/aromatic N) is 3. The lowest BCUT2D eigenvalue weighted by molar-refractivity contribution is 0.743. The van der Waals surface area contributed by atoms with E-state index in [2.05, 4.69) is 66.9 Å². The molecule has 5 nitrogen and oxygen atoms in total. The summed E-state index contributed by atoms with van der Waals surface area (Å²) in [4.78, 5) is 4.83. The van der Waals surface area contributed by atoms with Crippen molar-refractivity contribution in [3.63, 3.8) is 0 Å². The highest BCUT2D eigenvalue weighted by Crippen LogP contribution is 2.19. The summed E-state index contributed by atoms with van der Waals surface area (Å²) in [7, 11) is 0. The molecule has 0 aliphatic rings. The summed E-state index contributed by atoms with van der Waals surface area (Å²) in [5.41, 5.74) is 8.26. The molecule has 0 aliphatic carbocycles. The van der Waals surface area contributed by atoms with Crippen LogP contribution in [0, 0.1) is 18.3 Å². The summed E-state index contributed by atoms with van der Waals surface area (Å²) in [5, 5.41) is 16.6. The number of rotatable bonds is 9. The molecule has 5 heteroatoms. The van der Waals surface area contributed by atoms with Crippen LogP contribution in [0.25, 0.3) is 5.57 Å². The molecule has 0 saturated carbocycles. The third-order valence-corrected chi connectivity index (χ3v) is 4.65. The predicted octanol–water partition coefficient (Wildman–Crippen LogP) is 5.00. The van der Waals surface area contributed by atoms with Crippen LogP contribution in [0.4, 0.5) is 0 Å². The molecule has 2 rings (SSSR count). The van der Waals surface area contributed by atoms with E-state index in [0.717, 1.165) is 29.7 Å². The van der Waals surface area contributed by atoms with Crippen molar-refractivity contribution >= 4 is 17.6 Å². The number of nitrogens with one attached hydrogen (secondary N) is 2. The van der Waals surface area contributed by atoms with Crippen molar-refractivity contribution in [3.05, 3.63) is 76.9 Å². The molecule has 0 bridgehead atoms. The minimum absolute atomic E-state index is 0.0734. The number of allylic oxidation sites excluding steroid dienone is 1.